The molecule has 12 unspecified atom stereocenters. The van der Waals surface area contributed by atoms with E-state index >= 15 is 0 Å². The highest BCUT2D eigenvalue weighted by molar-refractivity contribution is 5.76. The molecule has 0 radical (unpaired) electrons. The fourth-order valence-corrected chi connectivity index (χ4v) is 10.4. The van der Waals surface area contributed by atoms with Crippen LogP contribution in [-0.2, 0) is 23.7 Å². The Labute approximate surface area is 509 Å². The van der Waals surface area contributed by atoms with E-state index in [-0.39, 0.29) is 18.9 Å². The number of amides is 1. The maximum Gasteiger partial charge on any atom is 0.220 e. The summed E-state index contributed by atoms with van der Waals surface area (Å²) in [7, 11) is 0. The monoisotopic (exact) mass is 1180 g/mol. The van der Waals surface area contributed by atoms with E-state index in [2.05, 4.69) is 104 Å². The normalized spacial score (nSPS) is 24.3. The fourth-order valence-electron chi connectivity index (χ4n) is 10.4. The van der Waals surface area contributed by atoms with Crippen LogP contribution >= 0.6 is 0 Å². The predicted molar refractivity (Wildman–Crippen MR) is 341 cm³/mol. The number of rotatable bonds is 53. The van der Waals surface area contributed by atoms with Gasteiger partial charge in [-0.1, -0.05) is 252 Å². The Balaban J connectivity index is 1.55. The van der Waals surface area contributed by atoms with Crippen molar-refractivity contribution < 1.29 is 64.6 Å². The first-order valence-electron chi connectivity index (χ1n) is 33.5. The van der Waals surface area contributed by atoms with Gasteiger partial charge in [0, 0.05) is 6.42 Å². The molecule has 0 bridgehead atoms. The molecule has 84 heavy (non-hydrogen) atoms. The molecule has 9 N–H and O–H groups in total. The van der Waals surface area contributed by atoms with E-state index < -0.39 is 86.8 Å². The number of carbonyl (C=O) groups is 1. The molecule has 2 saturated heterocycles. The fraction of sp³-hybridized carbons (Fsp3) is 0.757. The zero-order valence-corrected chi connectivity index (χ0v) is 52.4. The minimum atomic E-state index is -1.79. The van der Waals surface area contributed by atoms with E-state index in [9.17, 15) is 45.6 Å². The third-order valence-electron chi connectivity index (χ3n) is 15.7. The zero-order valence-electron chi connectivity index (χ0n) is 52.4. The lowest BCUT2D eigenvalue weighted by Gasteiger charge is -2.46. The van der Waals surface area contributed by atoms with Crippen LogP contribution in [0.4, 0.5) is 0 Å². The number of hydrogen-bond acceptors (Lipinski definition) is 13. The predicted octanol–water partition coefficient (Wildman–Crippen LogP) is 13.0. The van der Waals surface area contributed by atoms with Crippen molar-refractivity contribution >= 4 is 5.91 Å². The van der Waals surface area contributed by atoms with E-state index in [4.69, 9.17) is 18.9 Å². The van der Waals surface area contributed by atoms with Gasteiger partial charge in [-0.25, -0.2) is 0 Å². The topological polar surface area (TPSA) is 228 Å². The summed E-state index contributed by atoms with van der Waals surface area (Å²) in [6.07, 6.45) is 59.3. The van der Waals surface area contributed by atoms with E-state index in [0.29, 0.717) is 12.8 Å². The van der Waals surface area contributed by atoms with Crippen molar-refractivity contribution in [3.05, 3.63) is 97.2 Å². The molecule has 2 rings (SSSR count). The highest BCUT2D eigenvalue weighted by Crippen LogP contribution is 2.30. The van der Waals surface area contributed by atoms with Crippen molar-refractivity contribution in [3.8, 4) is 0 Å². The number of unbranched alkanes of at least 4 members (excludes halogenated alkanes) is 26. The molecule has 14 heteroatoms. The Morgan fingerprint density at radius 1 is 0.440 bits per heavy atom. The largest absolute Gasteiger partial charge is 0.394 e. The van der Waals surface area contributed by atoms with Gasteiger partial charge >= 0.3 is 0 Å². The van der Waals surface area contributed by atoms with Crippen LogP contribution in [0.25, 0.3) is 0 Å². The Bertz CT molecular complexity index is 1780. The van der Waals surface area contributed by atoms with Gasteiger partial charge in [0.05, 0.1) is 32.0 Å². The second-order valence-corrected chi connectivity index (χ2v) is 23.2. The average Bonchev–Trinajstić information content (AvgIpc) is 3.59. The molecule has 0 spiro atoms. The number of hydrogen-bond donors (Lipinski definition) is 9. The third kappa shape index (κ3) is 38.2. The molecule has 2 aliphatic rings. The minimum absolute atomic E-state index is 0.255. The van der Waals surface area contributed by atoms with Crippen LogP contribution in [0.5, 0.6) is 0 Å². The van der Waals surface area contributed by atoms with Crippen LogP contribution in [0.3, 0.4) is 0 Å². The van der Waals surface area contributed by atoms with Crippen molar-refractivity contribution in [2.24, 2.45) is 0 Å². The molecule has 12 atom stereocenters. The van der Waals surface area contributed by atoms with E-state index in [1.165, 1.54) is 128 Å². The molecule has 2 fully saturated rings. The smallest absolute Gasteiger partial charge is 0.220 e. The molecular formula is C70H121NO13. The van der Waals surface area contributed by atoms with Crippen LogP contribution in [0.2, 0.25) is 0 Å². The van der Waals surface area contributed by atoms with Gasteiger partial charge in [-0.2, -0.15) is 0 Å². The lowest BCUT2D eigenvalue weighted by molar-refractivity contribution is -0.359. The van der Waals surface area contributed by atoms with Crippen LogP contribution in [0.1, 0.15) is 245 Å². The van der Waals surface area contributed by atoms with E-state index in [1.807, 2.05) is 6.08 Å². The lowest BCUT2D eigenvalue weighted by Crippen LogP contribution is -2.65. The van der Waals surface area contributed by atoms with Crippen LogP contribution in [0, 0.1) is 0 Å². The van der Waals surface area contributed by atoms with Gasteiger partial charge in [0.2, 0.25) is 5.91 Å². The van der Waals surface area contributed by atoms with Crippen molar-refractivity contribution in [1.82, 2.24) is 5.32 Å². The maximum absolute atomic E-state index is 13.2. The van der Waals surface area contributed by atoms with Gasteiger partial charge in [-0.15, -0.1) is 0 Å². The molecule has 1 amide bonds. The molecule has 0 aromatic rings. The van der Waals surface area contributed by atoms with Gasteiger partial charge in [0.1, 0.15) is 48.8 Å². The van der Waals surface area contributed by atoms with Crippen molar-refractivity contribution in [2.75, 3.05) is 19.8 Å². The number of aliphatic hydroxyl groups is 8. The molecule has 484 valence electrons. The molecular weight excluding hydrogens is 1060 g/mol. The Hall–Kier alpha value is -3.09. The Morgan fingerprint density at radius 2 is 0.833 bits per heavy atom. The molecule has 0 saturated carbocycles. The lowest BCUT2D eigenvalue weighted by atomic mass is 9.97. The van der Waals surface area contributed by atoms with Gasteiger partial charge in [0.25, 0.3) is 0 Å². The second kappa shape index (κ2) is 54.1. The summed E-state index contributed by atoms with van der Waals surface area (Å²) in [5, 5.41) is 87.0. The summed E-state index contributed by atoms with van der Waals surface area (Å²) in [5.41, 5.74) is 0. The molecule has 2 heterocycles. The molecule has 0 aliphatic carbocycles. The highest BCUT2D eigenvalue weighted by Gasteiger charge is 2.51. The zero-order chi connectivity index (χ0) is 60.9. The van der Waals surface area contributed by atoms with Crippen molar-refractivity contribution in [3.63, 3.8) is 0 Å². The second-order valence-electron chi connectivity index (χ2n) is 23.2. The highest BCUT2D eigenvalue weighted by atomic mass is 16.7. The minimum Gasteiger partial charge on any atom is -0.394 e. The van der Waals surface area contributed by atoms with Gasteiger partial charge in [0.15, 0.2) is 12.6 Å². The maximum atomic E-state index is 13.2. The summed E-state index contributed by atoms with van der Waals surface area (Å²) >= 11 is 0. The molecule has 14 nitrogen and oxygen atoms in total. The first-order chi connectivity index (χ1) is 41.1. The SMILES string of the molecule is CC/C=C\C/C=C\C/C=C\C/C=C\C/C=C\CCCCCCCCCCCCCCCCCCCCCCCCCC(=O)NC(COC1OC(CO)C(OC2OC(CO)C(O)C(O)C2O)C(O)C1O)C(O)/C=C/CC/C=C/CC/C=C/CCC. The van der Waals surface area contributed by atoms with Crippen LogP contribution in [-0.4, -0.2) is 140 Å². The number of carbonyl (C=O) groups excluding carboxylic acids is 1. The number of ether oxygens (including phenoxy) is 4. The van der Waals surface area contributed by atoms with Gasteiger partial charge in [-0.05, 0) is 83.5 Å². The van der Waals surface area contributed by atoms with E-state index in [1.54, 1.807) is 6.08 Å². The molecule has 0 aromatic heterocycles. The number of aliphatic hydroxyl groups excluding tert-OH is 8. The summed E-state index contributed by atoms with van der Waals surface area (Å²) in [4.78, 5) is 13.2. The van der Waals surface area contributed by atoms with Gasteiger partial charge < -0.3 is 65.1 Å². The summed E-state index contributed by atoms with van der Waals surface area (Å²) in [6.45, 7) is 2.57. The first-order valence-corrected chi connectivity index (χ1v) is 33.5. The molecule has 2 aliphatic heterocycles. The number of allylic oxidation sites excluding steroid dienone is 15. The molecule has 0 aromatic carbocycles. The summed E-state index contributed by atoms with van der Waals surface area (Å²) in [6, 6.07) is -0.939. The van der Waals surface area contributed by atoms with Crippen molar-refractivity contribution in [1.29, 1.82) is 0 Å². The summed E-state index contributed by atoms with van der Waals surface area (Å²) in [5.74, 6) is -0.255. The quantitative estimate of drug-likeness (QED) is 0.0204. The summed E-state index contributed by atoms with van der Waals surface area (Å²) < 4.78 is 22.7. The average molecular weight is 1180 g/mol. The van der Waals surface area contributed by atoms with Crippen molar-refractivity contribution in [2.45, 2.75) is 319 Å². The Morgan fingerprint density at radius 3 is 1.30 bits per heavy atom. The Kier molecular flexibility index (Phi) is 49.6. The van der Waals surface area contributed by atoms with Gasteiger partial charge in [-0.3, -0.25) is 4.79 Å². The van der Waals surface area contributed by atoms with E-state index in [0.717, 1.165) is 83.5 Å². The van der Waals surface area contributed by atoms with Crippen LogP contribution < -0.4 is 5.32 Å². The first kappa shape index (κ1) is 77.0. The number of nitrogens with one attached hydrogen (secondary N) is 1. The van der Waals surface area contributed by atoms with Crippen LogP contribution in [0.15, 0.2) is 97.2 Å². The third-order valence-corrected chi connectivity index (χ3v) is 15.7. The standard InChI is InChI=1S/C70H121NO13/c1-3-5-7-9-11-13-15-16-17-18-19-20-21-22-23-24-25-26-27-28-29-30-31-32-33-34-35-36-37-38-39-40-41-42-44-46-48-50-52-54-62(75)71-58(59(74)53-51-49-47-45-43-14-12-10-8-6-4-2)57-81-69-67(80)65(78)68(61(56-73)83-69)84-70-66(79)64(77)63(76)60(55-72)82-70/h5,7-8,10-11,13,16-17,19-20,22-23,43,45,51,53,58-61,63-70,72-74,76-80H,3-4,6,9,12,14-15,18,21,24-42,44,46-50,52,54-57H2,1-2H3,(H,71,75)/b7-5-,10-8+,13-11-,17-16-,20-19-,23-22-,45-43+,53-51+.